The van der Waals surface area contributed by atoms with Crippen LogP contribution < -0.4 is 0 Å². The van der Waals surface area contributed by atoms with Crippen molar-refractivity contribution in [2.45, 2.75) is 12.8 Å². The summed E-state index contributed by atoms with van der Waals surface area (Å²) in [7, 11) is 0. The molecule has 0 aromatic carbocycles. The van der Waals surface area contributed by atoms with Crippen LogP contribution in [-0.2, 0) is 0 Å². The summed E-state index contributed by atoms with van der Waals surface area (Å²) < 4.78 is 0. The first-order chi connectivity index (χ1) is 3.30. The highest BCUT2D eigenvalue weighted by molar-refractivity contribution is 5.37. The predicted molar refractivity (Wildman–Crippen MR) is 31.8 cm³/mol. The minimum atomic E-state index is 1.12. The van der Waals surface area contributed by atoms with Crippen LogP contribution >= 0.6 is 0 Å². The van der Waals surface area contributed by atoms with Gasteiger partial charge < -0.3 is 0 Å². The highest BCUT2D eigenvalue weighted by Crippen LogP contribution is 2.25. The van der Waals surface area contributed by atoms with E-state index >= 15 is 0 Å². The Bertz CT molecular complexity index is 95.2. The fourth-order valence-electron chi connectivity index (χ4n) is 0.726. The van der Waals surface area contributed by atoms with Crippen LogP contribution in [0.4, 0.5) is 0 Å². The maximum atomic E-state index is 3.80. The Hall–Kier alpha value is -0.650. The van der Waals surface area contributed by atoms with Crippen molar-refractivity contribution in [1.29, 1.82) is 0 Å². The molecule has 7 heavy (non-hydrogen) atoms. The van der Waals surface area contributed by atoms with Crippen LogP contribution in [0.2, 0.25) is 0 Å². The van der Waals surface area contributed by atoms with Crippen molar-refractivity contribution in [2.24, 2.45) is 0 Å². The summed E-state index contributed by atoms with van der Waals surface area (Å²) >= 11 is 0. The summed E-state index contributed by atoms with van der Waals surface area (Å²) in [5.41, 5.74) is 2.35. The molecule has 0 aliphatic heterocycles. The van der Waals surface area contributed by atoms with Gasteiger partial charge in [0.2, 0.25) is 0 Å². The Labute approximate surface area is 44.5 Å². The van der Waals surface area contributed by atoms with E-state index in [-0.39, 0.29) is 0 Å². The van der Waals surface area contributed by atoms with Crippen LogP contribution in [0.5, 0.6) is 0 Å². The number of hydrogen-bond acceptors (Lipinski definition) is 0. The molecule has 0 unspecified atom stereocenters. The van der Waals surface area contributed by atoms with E-state index in [0.29, 0.717) is 0 Å². The van der Waals surface area contributed by atoms with Gasteiger partial charge in [0.25, 0.3) is 0 Å². The van der Waals surface area contributed by atoms with Gasteiger partial charge >= 0.3 is 0 Å². The zero-order valence-electron chi connectivity index (χ0n) is 4.41. The Balaban J connectivity index is 2.65. The van der Waals surface area contributed by atoms with Gasteiger partial charge in [0, 0.05) is 25.8 Å². The molecule has 0 heteroatoms. The van der Waals surface area contributed by atoms with E-state index in [2.05, 4.69) is 19.6 Å². The molecule has 0 radical (unpaired) electrons. The highest BCUT2D eigenvalue weighted by atomic mass is 14.1. The molecule has 0 amide bonds. The quantitative estimate of drug-likeness (QED) is 0.402. The molecular formula is C7H9+. The molecule has 1 aliphatic carbocycles. The Morgan fingerprint density at radius 2 is 2.14 bits per heavy atom. The first-order valence-corrected chi connectivity index (χ1v) is 2.51. The second kappa shape index (κ2) is 1.45. The van der Waals surface area contributed by atoms with Crippen LogP contribution in [0, 0.1) is 6.42 Å². The van der Waals surface area contributed by atoms with Crippen molar-refractivity contribution in [3.8, 4) is 0 Å². The van der Waals surface area contributed by atoms with Crippen LogP contribution in [0.15, 0.2) is 24.3 Å². The van der Waals surface area contributed by atoms with E-state index in [9.17, 15) is 0 Å². The van der Waals surface area contributed by atoms with Gasteiger partial charge in [-0.1, -0.05) is 0 Å². The fraction of sp³-hybridized carbons (Fsp3) is 0.286. The summed E-state index contributed by atoms with van der Waals surface area (Å²) in [4.78, 5) is 0. The van der Waals surface area contributed by atoms with Crippen molar-refractivity contribution in [1.82, 2.24) is 0 Å². The third-order valence-corrected chi connectivity index (χ3v) is 1.29. The lowest BCUT2D eigenvalue weighted by Crippen LogP contribution is -1.68. The van der Waals surface area contributed by atoms with E-state index in [0.717, 1.165) is 18.4 Å². The molecule has 1 rings (SSSR count). The normalized spacial score (nSPS) is 20.0. The van der Waals surface area contributed by atoms with E-state index in [1.54, 1.807) is 0 Å². The highest BCUT2D eigenvalue weighted by Gasteiger charge is 2.16. The van der Waals surface area contributed by atoms with Crippen molar-refractivity contribution >= 4 is 0 Å². The van der Waals surface area contributed by atoms with E-state index in [4.69, 9.17) is 0 Å². The van der Waals surface area contributed by atoms with Crippen LogP contribution in [0.1, 0.15) is 12.8 Å². The molecule has 0 saturated heterocycles. The fourth-order valence-corrected chi connectivity index (χ4v) is 0.726. The molecule has 0 aromatic heterocycles. The third-order valence-electron chi connectivity index (χ3n) is 1.29. The monoisotopic (exact) mass is 93.1 g/mol. The van der Waals surface area contributed by atoms with E-state index in [1.807, 2.05) is 0 Å². The minimum absolute atomic E-state index is 1.12. The molecule has 0 aromatic rings. The molecule has 0 atom stereocenters. The summed E-state index contributed by atoms with van der Waals surface area (Å²) in [5.74, 6) is 0. The Kier molecular flexibility index (Phi) is 0.935. The minimum Gasteiger partial charge on any atom is -0.0383 e. The molecule has 0 bridgehead atoms. The first kappa shape index (κ1) is 4.51. The van der Waals surface area contributed by atoms with Crippen molar-refractivity contribution < 1.29 is 0 Å². The van der Waals surface area contributed by atoms with Gasteiger partial charge in [0.05, 0.1) is 5.57 Å². The summed E-state index contributed by atoms with van der Waals surface area (Å²) in [5, 5.41) is 0. The maximum Gasteiger partial charge on any atom is 0.124 e. The first-order valence-electron chi connectivity index (χ1n) is 2.51. The Morgan fingerprint density at radius 3 is 2.29 bits per heavy atom. The zero-order valence-corrected chi connectivity index (χ0v) is 4.41. The average molecular weight is 93.1 g/mol. The lowest BCUT2D eigenvalue weighted by molar-refractivity contribution is 1.05. The molecule has 0 N–H and O–H groups in total. The predicted octanol–water partition coefficient (Wildman–Crippen LogP) is 2.10. The van der Waals surface area contributed by atoms with Gasteiger partial charge in [0.1, 0.15) is 5.57 Å². The average Bonchev–Trinajstić information content (AvgIpc) is 1.91. The molecule has 1 fully saturated rings. The van der Waals surface area contributed by atoms with Crippen molar-refractivity contribution in [2.75, 3.05) is 0 Å². The summed E-state index contributed by atoms with van der Waals surface area (Å²) in [6.45, 7) is 7.58. The molecular weight excluding hydrogens is 84.1 g/mol. The van der Waals surface area contributed by atoms with Gasteiger partial charge in [-0.2, -0.15) is 0 Å². The van der Waals surface area contributed by atoms with E-state index < -0.39 is 0 Å². The Morgan fingerprint density at radius 1 is 1.43 bits per heavy atom. The van der Waals surface area contributed by atoms with Crippen molar-refractivity contribution in [3.63, 3.8) is 0 Å². The van der Waals surface area contributed by atoms with E-state index in [1.165, 1.54) is 5.57 Å². The second-order valence-electron chi connectivity index (χ2n) is 1.87. The molecule has 36 valence electrons. The van der Waals surface area contributed by atoms with Crippen LogP contribution in [-0.4, -0.2) is 0 Å². The van der Waals surface area contributed by atoms with Gasteiger partial charge in [-0.05, 0) is 6.58 Å². The summed E-state index contributed by atoms with van der Waals surface area (Å²) in [6.07, 6.45) is 4.40. The van der Waals surface area contributed by atoms with Gasteiger partial charge in [0.15, 0.2) is 0 Å². The smallest absolute Gasteiger partial charge is 0.0383 e. The molecule has 0 spiro atoms. The standard InChI is InChI=1S/C7H9/c1-6-4-3-5-7(6)2/h4H,1-3,5H2/q+1. The number of hydrogen-bond donors (Lipinski definition) is 0. The topological polar surface area (TPSA) is 0 Å². The molecule has 1 aliphatic rings. The van der Waals surface area contributed by atoms with Crippen molar-refractivity contribution in [3.05, 3.63) is 30.7 Å². The van der Waals surface area contributed by atoms with Crippen LogP contribution in [0.25, 0.3) is 0 Å². The van der Waals surface area contributed by atoms with Gasteiger partial charge in [-0.15, -0.1) is 0 Å². The lowest BCUT2D eigenvalue weighted by atomic mass is 10.2. The maximum absolute atomic E-state index is 3.80. The van der Waals surface area contributed by atoms with Crippen LogP contribution in [0.3, 0.4) is 0 Å². The molecule has 0 nitrogen and oxygen atoms in total. The third kappa shape index (κ3) is 0.687. The largest absolute Gasteiger partial charge is 0.124 e. The molecule has 1 saturated carbocycles. The summed E-state index contributed by atoms with van der Waals surface area (Å²) in [6, 6.07) is 0. The lowest BCUT2D eigenvalue weighted by Gasteiger charge is -1.76. The number of rotatable bonds is 0. The number of allylic oxidation sites excluding steroid dienone is 2. The van der Waals surface area contributed by atoms with Gasteiger partial charge in [-0.25, -0.2) is 0 Å². The zero-order chi connectivity index (χ0) is 5.28. The second-order valence-corrected chi connectivity index (χ2v) is 1.87. The SMILES string of the molecule is C=C1[CH+]CCC1=C. The molecule has 0 heterocycles. The van der Waals surface area contributed by atoms with Gasteiger partial charge in [-0.3, -0.25) is 0 Å².